The molecule has 0 fully saturated rings. The summed E-state index contributed by atoms with van der Waals surface area (Å²) in [6.07, 6.45) is 2.01. The molecular formula is C14H11N3S. The smallest absolute Gasteiger partial charge is 0.0998 e. The maximum Gasteiger partial charge on any atom is 0.0998 e. The van der Waals surface area contributed by atoms with Crippen LogP contribution in [0.15, 0.2) is 35.8 Å². The third-order valence-corrected chi connectivity index (χ3v) is 3.76. The molecule has 0 amide bonds. The third-order valence-electron chi connectivity index (χ3n) is 2.93. The summed E-state index contributed by atoms with van der Waals surface area (Å²) >= 11 is 1.66. The summed E-state index contributed by atoms with van der Waals surface area (Å²) in [6.45, 7) is 2.76. The van der Waals surface area contributed by atoms with Crippen LogP contribution in [0, 0.1) is 18.3 Å². The number of aromatic nitrogens is 2. The van der Waals surface area contributed by atoms with Gasteiger partial charge in [-0.2, -0.15) is 5.26 Å². The maximum atomic E-state index is 9.07. The van der Waals surface area contributed by atoms with Gasteiger partial charge in [-0.3, -0.25) is 0 Å². The van der Waals surface area contributed by atoms with Crippen molar-refractivity contribution in [2.75, 3.05) is 0 Å². The van der Waals surface area contributed by atoms with E-state index in [1.807, 2.05) is 37.4 Å². The van der Waals surface area contributed by atoms with Crippen molar-refractivity contribution in [3.05, 3.63) is 52.1 Å². The molecule has 0 aliphatic carbocycles. The fourth-order valence-corrected chi connectivity index (χ4v) is 2.72. The second-order valence-electron chi connectivity index (χ2n) is 4.15. The van der Waals surface area contributed by atoms with Crippen LogP contribution in [0.4, 0.5) is 0 Å². The van der Waals surface area contributed by atoms with Gasteiger partial charge in [0.1, 0.15) is 0 Å². The molecule has 88 valence electrons. The molecule has 0 saturated heterocycles. The monoisotopic (exact) mass is 253 g/mol. The highest BCUT2D eigenvalue weighted by Crippen LogP contribution is 2.21. The van der Waals surface area contributed by atoms with E-state index in [0.717, 1.165) is 33.7 Å². The lowest BCUT2D eigenvalue weighted by Gasteiger charge is -2.03. The van der Waals surface area contributed by atoms with E-state index in [-0.39, 0.29) is 0 Å². The number of fused-ring (bicyclic) bond motifs is 1. The van der Waals surface area contributed by atoms with Gasteiger partial charge in [0.15, 0.2) is 0 Å². The largest absolute Gasteiger partial charge is 0.341 e. The number of thiazole rings is 1. The van der Waals surface area contributed by atoms with Gasteiger partial charge in [-0.05, 0) is 25.1 Å². The molecule has 3 rings (SSSR count). The molecule has 0 atom stereocenters. The van der Waals surface area contributed by atoms with Gasteiger partial charge in [0.25, 0.3) is 0 Å². The Balaban J connectivity index is 2.06. The molecule has 18 heavy (non-hydrogen) atoms. The molecule has 3 nitrogen and oxygen atoms in total. The van der Waals surface area contributed by atoms with Gasteiger partial charge in [0.05, 0.1) is 28.9 Å². The van der Waals surface area contributed by atoms with E-state index < -0.39 is 0 Å². The number of aryl methyl sites for hydroxylation is 1. The number of nitrogens with zero attached hydrogens (tertiary/aromatic N) is 3. The lowest BCUT2D eigenvalue weighted by Crippen LogP contribution is -1.98. The van der Waals surface area contributed by atoms with Gasteiger partial charge in [0, 0.05) is 22.5 Å². The Kier molecular flexibility index (Phi) is 2.62. The highest BCUT2D eigenvalue weighted by Gasteiger charge is 2.06. The van der Waals surface area contributed by atoms with E-state index in [9.17, 15) is 0 Å². The molecule has 0 N–H and O–H groups in total. The highest BCUT2D eigenvalue weighted by molar-refractivity contribution is 7.09. The minimum atomic E-state index is 0.723. The van der Waals surface area contributed by atoms with Crippen molar-refractivity contribution in [1.29, 1.82) is 5.26 Å². The van der Waals surface area contributed by atoms with Gasteiger partial charge < -0.3 is 4.57 Å². The summed E-state index contributed by atoms with van der Waals surface area (Å²) in [7, 11) is 0. The lowest BCUT2D eigenvalue weighted by atomic mass is 10.1. The first-order chi connectivity index (χ1) is 8.78. The Hall–Kier alpha value is -2.12. The average Bonchev–Trinajstić information content (AvgIpc) is 2.97. The number of rotatable bonds is 2. The first-order valence-corrected chi connectivity index (χ1v) is 6.55. The summed E-state index contributed by atoms with van der Waals surface area (Å²) in [5.41, 5.74) is 2.87. The number of hydrogen-bond donors (Lipinski definition) is 0. The highest BCUT2D eigenvalue weighted by atomic mass is 32.1. The molecule has 0 spiro atoms. The van der Waals surface area contributed by atoms with Crippen LogP contribution < -0.4 is 0 Å². The zero-order valence-corrected chi connectivity index (χ0v) is 10.7. The molecular weight excluding hydrogens is 242 g/mol. The molecule has 0 aliphatic heterocycles. The lowest BCUT2D eigenvalue weighted by molar-refractivity contribution is 0.812. The summed E-state index contributed by atoms with van der Waals surface area (Å²) < 4.78 is 2.13. The van der Waals surface area contributed by atoms with Crippen molar-refractivity contribution in [2.24, 2.45) is 0 Å². The predicted octanol–water partition coefficient (Wildman–Crippen LogP) is 3.33. The average molecular weight is 253 g/mol. The van der Waals surface area contributed by atoms with Crippen molar-refractivity contribution in [3.8, 4) is 6.07 Å². The summed E-state index contributed by atoms with van der Waals surface area (Å²) in [6, 6.07) is 10.0. The van der Waals surface area contributed by atoms with E-state index in [2.05, 4.69) is 21.0 Å². The number of hydrogen-bond acceptors (Lipinski definition) is 3. The number of benzene rings is 1. The van der Waals surface area contributed by atoms with Crippen molar-refractivity contribution >= 4 is 22.2 Å². The van der Waals surface area contributed by atoms with Crippen LogP contribution in [0.2, 0.25) is 0 Å². The molecule has 0 bridgehead atoms. The minimum absolute atomic E-state index is 0.723. The van der Waals surface area contributed by atoms with Crippen LogP contribution in [0.1, 0.15) is 16.3 Å². The van der Waals surface area contributed by atoms with E-state index >= 15 is 0 Å². The summed E-state index contributed by atoms with van der Waals surface area (Å²) in [5.74, 6) is 0. The third kappa shape index (κ3) is 1.79. The second kappa shape index (κ2) is 4.28. The van der Waals surface area contributed by atoms with E-state index in [1.165, 1.54) is 0 Å². The van der Waals surface area contributed by atoms with E-state index in [4.69, 9.17) is 5.26 Å². The van der Waals surface area contributed by atoms with Gasteiger partial charge in [-0.15, -0.1) is 11.3 Å². The fraction of sp³-hybridized carbons (Fsp3) is 0.143. The Morgan fingerprint density at radius 1 is 1.39 bits per heavy atom. The van der Waals surface area contributed by atoms with Gasteiger partial charge >= 0.3 is 0 Å². The molecule has 4 heteroatoms. The van der Waals surface area contributed by atoms with E-state index in [0.29, 0.717) is 0 Å². The Morgan fingerprint density at radius 3 is 3.00 bits per heavy atom. The molecule has 1 aromatic carbocycles. The van der Waals surface area contributed by atoms with Gasteiger partial charge in [-0.25, -0.2) is 4.98 Å². The van der Waals surface area contributed by atoms with Crippen molar-refractivity contribution in [3.63, 3.8) is 0 Å². The van der Waals surface area contributed by atoms with Crippen LogP contribution in [-0.4, -0.2) is 9.55 Å². The van der Waals surface area contributed by atoms with Crippen molar-refractivity contribution in [2.45, 2.75) is 13.5 Å². The quantitative estimate of drug-likeness (QED) is 0.703. The SMILES string of the molecule is Cc1nc(Cn2ccc3c(C#N)cccc32)cs1. The summed E-state index contributed by atoms with van der Waals surface area (Å²) in [4.78, 5) is 4.47. The first kappa shape index (κ1) is 11.0. The van der Waals surface area contributed by atoms with Crippen LogP contribution in [-0.2, 0) is 6.54 Å². The van der Waals surface area contributed by atoms with Crippen LogP contribution >= 0.6 is 11.3 Å². The molecule has 3 aromatic rings. The van der Waals surface area contributed by atoms with Gasteiger partial charge in [-0.1, -0.05) is 6.07 Å². The Bertz CT molecular complexity index is 746. The number of nitriles is 1. The molecule has 0 saturated carbocycles. The Labute approximate surface area is 109 Å². The predicted molar refractivity (Wildman–Crippen MR) is 72.6 cm³/mol. The molecule has 2 aromatic heterocycles. The van der Waals surface area contributed by atoms with Crippen molar-refractivity contribution in [1.82, 2.24) is 9.55 Å². The van der Waals surface area contributed by atoms with Crippen LogP contribution in [0.25, 0.3) is 10.9 Å². The zero-order valence-electron chi connectivity index (χ0n) is 9.92. The van der Waals surface area contributed by atoms with Crippen LogP contribution in [0.5, 0.6) is 0 Å². The topological polar surface area (TPSA) is 41.6 Å². The standard InChI is InChI=1S/C14H11N3S/c1-10-16-12(9-18-10)8-17-6-5-13-11(7-15)3-2-4-14(13)17/h2-6,9H,8H2,1H3. The minimum Gasteiger partial charge on any atom is -0.341 e. The zero-order chi connectivity index (χ0) is 12.5. The van der Waals surface area contributed by atoms with Crippen LogP contribution in [0.3, 0.4) is 0 Å². The normalized spacial score (nSPS) is 10.7. The molecule has 0 aliphatic rings. The first-order valence-electron chi connectivity index (χ1n) is 5.67. The van der Waals surface area contributed by atoms with Gasteiger partial charge in [0.2, 0.25) is 0 Å². The summed E-state index contributed by atoms with van der Waals surface area (Å²) in [5, 5.41) is 13.2. The molecule has 0 radical (unpaired) electrons. The Morgan fingerprint density at radius 2 is 2.28 bits per heavy atom. The second-order valence-corrected chi connectivity index (χ2v) is 5.21. The maximum absolute atomic E-state index is 9.07. The molecule has 0 unspecified atom stereocenters. The fourth-order valence-electron chi connectivity index (χ4n) is 2.11. The molecule has 2 heterocycles. The van der Waals surface area contributed by atoms with E-state index in [1.54, 1.807) is 11.3 Å². The van der Waals surface area contributed by atoms with Crippen molar-refractivity contribution < 1.29 is 0 Å².